The molecule has 0 bridgehead atoms. The molecule has 2 aliphatic heterocycles. The molecule has 25 heavy (non-hydrogen) atoms. The predicted octanol–water partition coefficient (Wildman–Crippen LogP) is 1.85. The maximum atomic E-state index is 12.7. The van der Waals surface area contributed by atoms with Gasteiger partial charge in [-0.15, -0.1) is 0 Å². The van der Waals surface area contributed by atoms with E-state index in [9.17, 15) is 9.59 Å². The monoisotopic (exact) mass is 345 g/mol. The van der Waals surface area contributed by atoms with E-state index in [0.29, 0.717) is 32.7 Å². The van der Waals surface area contributed by atoms with Crippen LogP contribution in [0, 0.1) is 5.92 Å². The van der Waals surface area contributed by atoms with Gasteiger partial charge in [-0.05, 0) is 38.8 Å². The highest BCUT2D eigenvalue weighted by molar-refractivity contribution is 5.89. The fourth-order valence-electron chi connectivity index (χ4n) is 3.58. The summed E-state index contributed by atoms with van der Waals surface area (Å²) in [6, 6.07) is 5.96. The van der Waals surface area contributed by atoms with Crippen LogP contribution in [-0.4, -0.2) is 58.4 Å². The molecule has 1 aromatic heterocycles. The van der Waals surface area contributed by atoms with Crippen molar-refractivity contribution in [3.63, 3.8) is 0 Å². The number of carbonyl (C=O) groups excluding carboxylic acids is 2. The highest BCUT2D eigenvalue weighted by Crippen LogP contribution is 2.24. The minimum Gasteiger partial charge on any atom is -0.372 e. The van der Waals surface area contributed by atoms with Crippen LogP contribution in [0.1, 0.15) is 38.8 Å². The van der Waals surface area contributed by atoms with Gasteiger partial charge in [0, 0.05) is 38.3 Å². The average molecular weight is 345 g/mol. The summed E-state index contributed by atoms with van der Waals surface area (Å²) in [6.07, 6.45) is 3.97. The van der Waals surface area contributed by atoms with Crippen LogP contribution in [0.2, 0.25) is 0 Å². The highest BCUT2D eigenvalue weighted by atomic mass is 16.5. The van der Waals surface area contributed by atoms with Gasteiger partial charge in [-0.3, -0.25) is 14.6 Å². The van der Waals surface area contributed by atoms with Crippen LogP contribution in [0.15, 0.2) is 24.4 Å². The highest BCUT2D eigenvalue weighted by Gasteiger charge is 2.38. The molecule has 0 saturated carbocycles. The number of ether oxygens (including phenoxy) is 1. The molecule has 6 nitrogen and oxygen atoms in total. The van der Waals surface area contributed by atoms with E-state index in [1.807, 2.05) is 41.8 Å². The molecule has 0 N–H and O–H groups in total. The van der Waals surface area contributed by atoms with Crippen molar-refractivity contribution in [1.29, 1.82) is 0 Å². The molecule has 2 amide bonds. The molecular weight excluding hydrogens is 318 g/mol. The van der Waals surface area contributed by atoms with Crippen LogP contribution in [0.3, 0.4) is 0 Å². The van der Waals surface area contributed by atoms with E-state index in [-0.39, 0.29) is 29.9 Å². The lowest BCUT2D eigenvalue weighted by Gasteiger charge is -2.33. The Bertz CT molecular complexity index is 597. The van der Waals surface area contributed by atoms with E-state index < -0.39 is 0 Å². The largest absolute Gasteiger partial charge is 0.372 e. The zero-order chi connectivity index (χ0) is 17.8. The van der Waals surface area contributed by atoms with Gasteiger partial charge in [-0.25, -0.2) is 0 Å². The number of piperidine rings is 1. The smallest absolute Gasteiger partial charge is 0.227 e. The maximum absolute atomic E-state index is 12.7. The molecule has 0 spiro atoms. The molecule has 1 aromatic rings. The second-order valence-corrected chi connectivity index (χ2v) is 7.20. The molecule has 6 heteroatoms. The van der Waals surface area contributed by atoms with E-state index in [2.05, 4.69) is 4.98 Å². The van der Waals surface area contributed by atoms with Gasteiger partial charge < -0.3 is 14.5 Å². The van der Waals surface area contributed by atoms with Crippen LogP contribution >= 0.6 is 0 Å². The Hall–Kier alpha value is -1.95. The first-order valence-corrected chi connectivity index (χ1v) is 9.14. The fraction of sp³-hybridized carbons (Fsp3) is 0.632. The summed E-state index contributed by atoms with van der Waals surface area (Å²) in [4.78, 5) is 32.7. The lowest BCUT2D eigenvalue weighted by molar-refractivity contribution is -0.138. The maximum Gasteiger partial charge on any atom is 0.227 e. The van der Waals surface area contributed by atoms with E-state index >= 15 is 0 Å². The van der Waals surface area contributed by atoms with Crippen LogP contribution in [0.4, 0.5) is 0 Å². The van der Waals surface area contributed by atoms with E-state index in [1.165, 1.54) is 0 Å². The van der Waals surface area contributed by atoms with Crippen molar-refractivity contribution in [1.82, 2.24) is 14.8 Å². The van der Waals surface area contributed by atoms with Crippen LogP contribution in [0.25, 0.3) is 0 Å². The number of likely N-dealkylation sites (tertiary alicyclic amines) is 2. The SMILES string of the molecule is CC(C)N1CC(C(=O)N2CCC(OCc3ccccn3)CC2)CC1=O. The Morgan fingerprint density at radius 3 is 2.68 bits per heavy atom. The Kier molecular flexibility index (Phi) is 5.68. The summed E-state index contributed by atoms with van der Waals surface area (Å²) in [5.74, 6) is 0.0440. The summed E-state index contributed by atoms with van der Waals surface area (Å²) in [6.45, 7) is 6.48. The number of hydrogen-bond donors (Lipinski definition) is 0. The van der Waals surface area contributed by atoms with Crippen molar-refractivity contribution in [3.05, 3.63) is 30.1 Å². The molecule has 1 atom stereocenters. The zero-order valence-electron chi connectivity index (χ0n) is 15.1. The van der Waals surface area contributed by atoms with Gasteiger partial charge in [-0.2, -0.15) is 0 Å². The molecule has 2 aliphatic rings. The lowest BCUT2D eigenvalue weighted by Crippen LogP contribution is -2.44. The first-order chi connectivity index (χ1) is 12.0. The zero-order valence-corrected chi connectivity index (χ0v) is 15.1. The minimum absolute atomic E-state index is 0.0990. The topological polar surface area (TPSA) is 62.7 Å². The Morgan fingerprint density at radius 1 is 1.32 bits per heavy atom. The van der Waals surface area contributed by atoms with Crippen molar-refractivity contribution in [2.75, 3.05) is 19.6 Å². The summed E-state index contributed by atoms with van der Waals surface area (Å²) in [7, 11) is 0. The standard InChI is InChI=1S/C19H27N3O3/c1-14(2)22-12-15(11-18(22)23)19(24)21-9-6-17(7-10-21)25-13-16-5-3-4-8-20-16/h3-5,8,14-15,17H,6-7,9-13H2,1-2H3. The number of hydrogen-bond acceptors (Lipinski definition) is 4. The van der Waals surface area contributed by atoms with E-state index in [1.54, 1.807) is 6.20 Å². The third-order valence-electron chi connectivity index (χ3n) is 5.08. The first-order valence-electron chi connectivity index (χ1n) is 9.14. The number of amides is 2. The number of carbonyl (C=O) groups is 2. The summed E-state index contributed by atoms with van der Waals surface area (Å²) in [5.41, 5.74) is 0.930. The number of rotatable bonds is 5. The van der Waals surface area contributed by atoms with Gasteiger partial charge in [0.2, 0.25) is 11.8 Å². The molecule has 0 aliphatic carbocycles. The van der Waals surface area contributed by atoms with Gasteiger partial charge in [0.15, 0.2) is 0 Å². The Labute approximate surface area is 149 Å². The van der Waals surface area contributed by atoms with Gasteiger partial charge in [-0.1, -0.05) is 6.07 Å². The minimum atomic E-state index is -0.180. The predicted molar refractivity (Wildman–Crippen MR) is 93.6 cm³/mol. The van der Waals surface area contributed by atoms with Crippen molar-refractivity contribution < 1.29 is 14.3 Å². The summed E-state index contributed by atoms with van der Waals surface area (Å²) < 4.78 is 5.93. The van der Waals surface area contributed by atoms with Crippen LogP contribution < -0.4 is 0 Å². The molecule has 3 rings (SSSR count). The van der Waals surface area contributed by atoms with E-state index in [0.717, 1.165) is 18.5 Å². The van der Waals surface area contributed by atoms with Crippen molar-refractivity contribution >= 4 is 11.8 Å². The van der Waals surface area contributed by atoms with Crippen molar-refractivity contribution in [2.45, 2.75) is 51.9 Å². The molecule has 2 fully saturated rings. The third-order valence-corrected chi connectivity index (χ3v) is 5.08. The average Bonchev–Trinajstić information content (AvgIpc) is 3.03. The van der Waals surface area contributed by atoms with Crippen LogP contribution in [-0.2, 0) is 20.9 Å². The molecule has 0 aromatic carbocycles. The van der Waals surface area contributed by atoms with Crippen molar-refractivity contribution in [2.24, 2.45) is 5.92 Å². The molecule has 136 valence electrons. The molecule has 0 radical (unpaired) electrons. The number of aromatic nitrogens is 1. The lowest BCUT2D eigenvalue weighted by atomic mass is 10.0. The number of pyridine rings is 1. The van der Waals surface area contributed by atoms with E-state index in [4.69, 9.17) is 4.74 Å². The quantitative estimate of drug-likeness (QED) is 0.817. The molecule has 2 saturated heterocycles. The van der Waals surface area contributed by atoms with Gasteiger partial charge in [0.05, 0.1) is 24.3 Å². The molecule has 1 unspecified atom stereocenters. The van der Waals surface area contributed by atoms with Crippen LogP contribution in [0.5, 0.6) is 0 Å². The summed E-state index contributed by atoms with van der Waals surface area (Å²) in [5, 5.41) is 0. The Balaban J connectivity index is 1.44. The Morgan fingerprint density at radius 2 is 2.08 bits per heavy atom. The normalized spacial score (nSPS) is 22.0. The fourth-order valence-corrected chi connectivity index (χ4v) is 3.58. The van der Waals surface area contributed by atoms with Gasteiger partial charge >= 0.3 is 0 Å². The molecule has 3 heterocycles. The second kappa shape index (κ2) is 7.95. The first kappa shape index (κ1) is 17.9. The molecular formula is C19H27N3O3. The van der Waals surface area contributed by atoms with Crippen molar-refractivity contribution in [3.8, 4) is 0 Å². The number of nitrogens with zero attached hydrogens (tertiary/aromatic N) is 3. The third kappa shape index (κ3) is 4.37. The second-order valence-electron chi connectivity index (χ2n) is 7.20. The summed E-state index contributed by atoms with van der Waals surface area (Å²) >= 11 is 0. The van der Waals surface area contributed by atoms with Gasteiger partial charge in [0.25, 0.3) is 0 Å². The van der Waals surface area contributed by atoms with Gasteiger partial charge in [0.1, 0.15) is 0 Å².